The summed E-state index contributed by atoms with van der Waals surface area (Å²) >= 11 is 5.99. The van der Waals surface area contributed by atoms with Crippen LogP contribution in [0.4, 0.5) is 5.69 Å². The van der Waals surface area contributed by atoms with Crippen molar-refractivity contribution in [2.24, 2.45) is 5.92 Å². The van der Waals surface area contributed by atoms with Crippen molar-refractivity contribution in [1.29, 1.82) is 0 Å². The van der Waals surface area contributed by atoms with Gasteiger partial charge in [0.1, 0.15) is 5.75 Å². The van der Waals surface area contributed by atoms with Gasteiger partial charge in [-0.05, 0) is 42.3 Å². The number of halogens is 1. The number of amides is 1. The molecule has 134 valence electrons. The average Bonchev–Trinajstić information content (AvgIpc) is 2.59. The molecule has 1 N–H and O–H groups in total. The molecule has 0 unspecified atom stereocenters. The van der Waals surface area contributed by atoms with E-state index in [4.69, 9.17) is 25.8 Å². The Morgan fingerprint density at radius 1 is 1.04 bits per heavy atom. The van der Waals surface area contributed by atoms with Crippen LogP contribution in [0.2, 0.25) is 5.02 Å². The van der Waals surface area contributed by atoms with Crippen molar-refractivity contribution in [3.8, 4) is 17.2 Å². The van der Waals surface area contributed by atoms with Crippen molar-refractivity contribution in [3.63, 3.8) is 0 Å². The SMILES string of the molecule is COc1ccc(Cl)cc1NC(=O)c1ccc(OCC(C)C)c(OC)c1. The van der Waals surface area contributed by atoms with Crippen LogP contribution in [0.25, 0.3) is 0 Å². The minimum atomic E-state index is -0.297. The lowest BCUT2D eigenvalue weighted by molar-refractivity contribution is 0.102. The van der Waals surface area contributed by atoms with Crippen molar-refractivity contribution in [3.05, 3.63) is 47.0 Å². The molecule has 2 rings (SSSR count). The van der Waals surface area contributed by atoms with Gasteiger partial charge in [0.05, 0.1) is 26.5 Å². The first kappa shape index (κ1) is 18.9. The number of rotatable bonds is 7. The Morgan fingerprint density at radius 3 is 2.36 bits per heavy atom. The zero-order valence-corrected chi connectivity index (χ0v) is 15.5. The molecule has 1 amide bonds. The van der Waals surface area contributed by atoms with Crippen LogP contribution in [0.3, 0.4) is 0 Å². The van der Waals surface area contributed by atoms with Crippen molar-refractivity contribution >= 4 is 23.2 Å². The number of methoxy groups -OCH3 is 2. The Kier molecular flexibility index (Phi) is 6.53. The molecule has 5 nitrogen and oxygen atoms in total. The fraction of sp³-hybridized carbons (Fsp3) is 0.316. The molecule has 6 heteroatoms. The average molecular weight is 364 g/mol. The first-order chi connectivity index (χ1) is 11.9. The number of hydrogen-bond donors (Lipinski definition) is 1. The van der Waals surface area contributed by atoms with Gasteiger partial charge < -0.3 is 19.5 Å². The molecule has 0 aromatic heterocycles. The van der Waals surface area contributed by atoms with E-state index in [1.54, 1.807) is 43.5 Å². The van der Waals surface area contributed by atoms with Crippen molar-refractivity contribution in [1.82, 2.24) is 0 Å². The van der Waals surface area contributed by atoms with Crippen LogP contribution in [0.5, 0.6) is 17.2 Å². The third kappa shape index (κ3) is 5.03. The molecule has 0 bridgehead atoms. The highest BCUT2D eigenvalue weighted by molar-refractivity contribution is 6.31. The molecule has 0 radical (unpaired) electrons. The Labute approximate surface area is 152 Å². The predicted octanol–water partition coefficient (Wildman–Crippen LogP) is 4.64. The molecule has 0 saturated heterocycles. The van der Waals surface area contributed by atoms with Crippen molar-refractivity contribution in [2.45, 2.75) is 13.8 Å². The van der Waals surface area contributed by atoms with Crippen LogP contribution in [0, 0.1) is 5.92 Å². The third-order valence-electron chi connectivity index (χ3n) is 3.41. The molecule has 0 aliphatic rings. The first-order valence-electron chi connectivity index (χ1n) is 7.90. The maximum atomic E-state index is 12.5. The normalized spacial score (nSPS) is 10.5. The standard InChI is InChI=1S/C19H22ClNO4/c1-12(2)11-25-17-7-5-13(9-18(17)24-4)19(22)21-15-10-14(20)6-8-16(15)23-3/h5-10,12H,11H2,1-4H3,(H,21,22). The molecule has 2 aromatic carbocycles. The largest absolute Gasteiger partial charge is 0.495 e. The number of benzene rings is 2. The van der Waals surface area contributed by atoms with E-state index < -0.39 is 0 Å². The summed E-state index contributed by atoms with van der Waals surface area (Å²) in [4.78, 5) is 12.5. The van der Waals surface area contributed by atoms with Gasteiger partial charge in [-0.2, -0.15) is 0 Å². The Hall–Kier alpha value is -2.40. The topological polar surface area (TPSA) is 56.8 Å². The monoisotopic (exact) mass is 363 g/mol. The second kappa shape index (κ2) is 8.62. The van der Waals surface area contributed by atoms with Crippen LogP contribution in [0.1, 0.15) is 24.2 Å². The van der Waals surface area contributed by atoms with Gasteiger partial charge in [-0.3, -0.25) is 4.79 Å². The molecule has 2 aromatic rings. The second-order valence-corrected chi connectivity index (χ2v) is 6.31. The molecule has 0 fully saturated rings. The van der Waals surface area contributed by atoms with E-state index in [0.29, 0.717) is 46.0 Å². The van der Waals surface area contributed by atoms with Gasteiger partial charge in [0.25, 0.3) is 5.91 Å². The number of nitrogens with one attached hydrogen (secondary N) is 1. The number of anilines is 1. The quantitative estimate of drug-likeness (QED) is 0.778. The summed E-state index contributed by atoms with van der Waals surface area (Å²) in [6, 6.07) is 10.1. The molecular weight excluding hydrogens is 342 g/mol. The molecule has 0 aliphatic carbocycles. The minimum Gasteiger partial charge on any atom is -0.495 e. The van der Waals surface area contributed by atoms with E-state index in [2.05, 4.69) is 19.2 Å². The minimum absolute atomic E-state index is 0.297. The number of carbonyl (C=O) groups excluding carboxylic acids is 1. The van der Waals surface area contributed by atoms with E-state index >= 15 is 0 Å². The van der Waals surface area contributed by atoms with Gasteiger partial charge >= 0.3 is 0 Å². The number of ether oxygens (including phenoxy) is 3. The Bertz CT molecular complexity index is 746. The van der Waals surface area contributed by atoms with Gasteiger partial charge in [0.2, 0.25) is 0 Å². The molecular formula is C19H22ClNO4. The lowest BCUT2D eigenvalue weighted by Crippen LogP contribution is -2.13. The summed E-state index contributed by atoms with van der Waals surface area (Å²) in [7, 11) is 3.07. The summed E-state index contributed by atoms with van der Waals surface area (Å²) in [5, 5.41) is 3.30. The van der Waals surface area contributed by atoms with Gasteiger partial charge in [-0.15, -0.1) is 0 Å². The van der Waals surface area contributed by atoms with E-state index in [1.807, 2.05) is 0 Å². The molecule has 25 heavy (non-hydrogen) atoms. The Morgan fingerprint density at radius 2 is 1.72 bits per heavy atom. The summed E-state index contributed by atoms with van der Waals surface area (Å²) < 4.78 is 16.3. The zero-order chi connectivity index (χ0) is 18.4. The maximum absolute atomic E-state index is 12.5. The fourth-order valence-corrected chi connectivity index (χ4v) is 2.33. The molecule has 0 atom stereocenters. The van der Waals surface area contributed by atoms with Gasteiger partial charge in [0.15, 0.2) is 11.5 Å². The smallest absolute Gasteiger partial charge is 0.255 e. The van der Waals surface area contributed by atoms with Crippen LogP contribution in [-0.4, -0.2) is 26.7 Å². The predicted molar refractivity (Wildman–Crippen MR) is 99.3 cm³/mol. The van der Waals surface area contributed by atoms with Crippen molar-refractivity contribution < 1.29 is 19.0 Å². The maximum Gasteiger partial charge on any atom is 0.255 e. The zero-order valence-electron chi connectivity index (χ0n) is 14.8. The van der Waals surface area contributed by atoms with Crippen LogP contribution < -0.4 is 19.5 Å². The third-order valence-corrected chi connectivity index (χ3v) is 3.64. The van der Waals surface area contributed by atoms with Gasteiger partial charge in [0, 0.05) is 10.6 Å². The van der Waals surface area contributed by atoms with Crippen LogP contribution >= 0.6 is 11.6 Å². The molecule has 0 aliphatic heterocycles. The van der Waals surface area contributed by atoms with Crippen LogP contribution in [-0.2, 0) is 0 Å². The van der Waals surface area contributed by atoms with Gasteiger partial charge in [-0.1, -0.05) is 25.4 Å². The van der Waals surface area contributed by atoms with E-state index in [9.17, 15) is 4.79 Å². The molecule has 0 spiro atoms. The number of carbonyl (C=O) groups is 1. The highest BCUT2D eigenvalue weighted by Gasteiger charge is 2.14. The summed E-state index contributed by atoms with van der Waals surface area (Å²) in [5.41, 5.74) is 0.940. The summed E-state index contributed by atoms with van der Waals surface area (Å²) in [5.74, 6) is 1.73. The van der Waals surface area contributed by atoms with E-state index in [-0.39, 0.29) is 5.91 Å². The highest BCUT2D eigenvalue weighted by atomic mass is 35.5. The lowest BCUT2D eigenvalue weighted by atomic mass is 10.1. The van der Waals surface area contributed by atoms with E-state index in [1.165, 1.54) is 7.11 Å². The fourth-order valence-electron chi connectivity index (χ4n) is 2.16. The number of hydrogen-bond acceptors (Lipinski definition) is 4. The van der Waals surface area contributed by atoms with Gasteiger partial charge in [-0.25, -0.2) is 0 Å². The highest BCUT2D eigenvalue weighted by Crippen LogP contribution is 2.31. The van der Waals surface area contributed by atoms with Crippen LogP contribution in [0.15, 0.2) is 36.4 Å². The second-order valence-electron chi connectivity index (χ2n) is 5.87. The molecule has 0 saturated carbocycles. The first-order valence-corrected chi connectivity index (χ1v) is 8.28. The summed E-state index contributed by atoms with van der Waals surface area (Å²) in [6.07, 6.45) is 0. The Balaban J connectivity index is 2.21. The lowest BCUT2D eigenvalue weighted by Gasteiger charge is -2.14. The van der Waals surface area contributed by atoms with E-state index in [0.717, 1.165) is 0 Å². The van der Waals surface area contributed by atoms with Crippen molar-refractivity contribution in [2.75, 3.05) is 26.1 Å². The summed E-state index contributed by atoms with van der Waals surface area (Å²) in [6.45, 7) is 4.70. The molecule has 0 heterocycles.